The zero-order valence-corrected chi connectivity index (χ0v) is 8.48. The summed E-state index contributed by atoms with van der Waals surface area (Å²) in [6, 6.07) is -0.567. The predicted molar refractivity (Wildman–Crippen MR) is 49.1 cm³/mol. The van der Waals surface area contributed by atoms with Crippen LogP contribution in [0, 0.1) is 5.92 Å². The van der Waals surface area contributed by atoms with Gasteiger partial charge in [0.2, 0.25) is 0 Å². The molecule has 0 amide bonds. The summed E-state index contributed by atoms with van der Waals surface area (Å²) >= 11 is 0. The van der Waals surface area contributed by atoms with Crippen molar-refractivity contribution in [3.05, 3.63) is 0 Å². The van der Waals surface area contributed by atoms with Crippen LogP contribution in [0.25, 0.3) is 0 Å². The molecule has 0 spiro atoms. The fourth-order valence-corrected chi connectivity index (χ4v) is 2.60. The third kappa shape index (κ3) is 3.75. The van der Waals surface area contributed by atoms with Gasteiger partial charge in [0.05, 0.1) is 6.16 Å². The first-order chi connectivity index (χ1) is 6.38. The van der Waals surface area contributed by atoms with Crippen molar-refractivity contribution < 1.29 is 24.3 Å². The van der Waals surface area contributed by atoms with Crippen LogP contribution in [-0.2, 0) is 9.36 Å². The molecule has 1 aliphatic heterocycles. The van der Waals surface area contributed by atoms with Gasteiger partial charge >= 0.3 is 13.6 Å². The van der Waals surface area contributed by atoms with Crippen molar-refractivity contribution in [3.8, 4) is 0 Å². The first-order valence-electron chi connectivity index (χ1n) is 4.39. The normalized spacial score (nSPS) is 28.7. The van der Waals surface area contributed by atoms with Crippen molar-refractivity contribution in [1.29, 1.82) is 0 Å². The molecule has 2 atom stereocenters. The summed E-state index contributed by atoms with van der Waals surface area (Å²) in [5, 5.41) is 11.4. The maximum absolute atomic E-state index is 10.7. The van der Waals surface area contributed by atoms with Crippen LogP contribution >= 0.6 is 7.60 Å². The van der Waals surface area contributed by atoms with E-state index in [-0.39, 0.29) is 12.1 Å². The molecule has 0 radical (unpaired) electrons. The summed E-state index contributed by atoms with van der Waals surface area (Å²) in [6.45, 7) is 0.363. The van der Waals surface area contributed by atoms with Crippen LogP contribution in [0.2, 0.25) is 0 Å². The maximum atomic E-state index is 10.7. The Labute approximate surface area is 81.5 Å². The van der Waals surface area contributed by atoms with Gasteiger partial charge in [0, 0.05) is 0 Å². The van der Waals surface area contributed by atoms with E-state index in [0.717, 1.165) is 0 Å². The third-order valence-corrected chi connectivity index (χ3v) is 3.30. The highest BCUT2D eigenvalue weighted by atomic mass is 31.2. The van der Waals surface area contributed by atoms with E-state index in [0.29, 0.717) is 19.4 Å². The molecule has 7 heteroatoms. The molecule has 0 saturated carbocycles. The molecule has 1 fully saturated rings. The van der Waals surface area contributed by atoms with Gasteiger partial charge in [0.15, 0.2) is 0 Å². The van der Waals surface area contributed by atoms with Crippen LogP contribution in [0.5, 0.6) is 0 Å². The molecule has 1 heterocycles. The van der Waals surface area contributed by atoms with E-state index in [1.165, 1.54) is 0 Å². The average Bonchev–Trinajstić information content (AvgIpc) is 2.02. The molecule has 4 N–H and O–H groups in total. The Morgan fingerprint density at radius 3 is 2.43 bits per heavy atom. The van der Waals surface area contributed by atoms with E-state index in [4.69, 9.17) is 14.9 Å². The molecule has 6 nitrogen and oxygen atoms in total. The summed E-state index contributed by atoms with van der Waals surface area (Å²) < 4.78 is 10.7. The van der Waals surface area contributed by atoms with Crippen molar-refractivity contribution in [3.63, 3.8) is 0 Å². The quantitative estimate of drug-likeness (QED) is 0.486. The van der Waals surface area contributed by atoms with Crippen LogP contribution in [-0.4, -0.2) is 39.6 Å². The Hall–Kier alpha value is -0.420. The summed E-state index contributed by atoms with van der Waals surface area (Å²) in [7, 11) is -3.97. The van der Waals surface area contributed by atoms with Gasteiger partial charge in [-0.25, -0.2) is 0 Å². The number of carboxylic acid groups (broad SMARTS) is 1. The van der Waals surface area contributed by atoms with E-state index in [9.17, 15) is 9.36 Å². The molecule has 1 saturated heterocycles. The average molecular weight is 223 g/mol. The third-order valence-electron chi connectivity index (χ3n) is 2.31. The molecular formula is C7H14NO5P. The van der Waals surface area contributed by atoms with Crippen molar-refractivity contribution in [2.45, 2.75) is 18.9 Å². The van der Waals surface area contributed by atoms with Gasteiger partial charge in [-0.3, -0.25) is 9.36 Å². The molecule has 14 heavy (non-hydrogen) atoms. The minimum Gasteiger partial charge on any atom is -0.480 e. The van der Waals surface area contributed by atoms with E-state index in [2.05, 4.69) is 5.32 Å². The van der Waals surface area contributed by atoms with Gasteiger partial charge in [-0.2, -0.15) is 0 Å². The highest BCUT2D eigenvalue weighted by Crippen LogP contribution is 2.38. The molecular weight excluding hydrogens is 209 g/mol. The van der Waals surface area contributed by atoms with Crippen LogP contribution < -0.4 is 5.32 Å². The first-order valence-corrected chi connectivity index (χ1v) is 6.19. The van der Waals surface area contributed by atoms with Crippen LogP contribution in [0.4, 0.5) is 0 Å². The smallest absolute Gasteiger partial charge is 0.325 e. The predicted octanol–water partition coefficient (Wildman–Crippen LogP) is -0.383. The monoisotopic (exact) mass is 223 g/mol. The fourth-order valence-electron chi connectivity index (χ4n) is 1.62. The Morgan fingerprint density at radius 1 is 1.43 bits per heavy atom. The van der Waals surface area contributed by atoms with Crippen molar-refractivity contribution >= 4 is 13.6 Å². The Kier molecular flexibility index (Phi) is 3.66. The van der Waals surface area contributed by atoms with E-state index in [1.54, 1.807) is 0 Å². The molecule has 2 unspecified atom stereocenters. The minimum atomic E-state index is -3.97. The lowest BCUT2D eigenvalue weighted by Crippen LogP contribution is -2.44. The molecule has 0 aromatic carbocycles. The van der Waals surface area contributed by atoms with E-state index < -0.39 is 19.6 Å². The number of carboxylic acids is 1. The summed E-state index contributed by atoms with van der Waals surface area (Å²) in [4.78, 5) is 28.0. The highest BCUT2D eigenvalue weighted by molar-refractivity contribution is 7.51. The van der Waals surface area contributed by atoms with Gasteiger partial charge in [0.1, 0.15) is 6.04 Å². The zero-order chi connectivity index (χ0) is 10.8. The highest BCUT2D eigenvalue weighted by Gasteiger charge is 2.29. The number of hydrogen-bond donors (Lipinski definition) is 4. The van der Waals surface area contributed by atoms with Crippen LogP contribution in [0.1, 0.15) is 12.8 Å². The molecule has 1 rings (SSSR count). The summed E-state index contributed by atoms with van der Waals surface area (Å²) in [5.74, 6) is -1.02. The van der Waals surface area contributed by atoms with Gasteiger partial charge < -0.3 is 20.2 Å². The van der Waals surface area contributed by atoms with Crippen molar-refractivity contribution in [2.24, 2.45) is 5.92 Å². The molecule has 1 aliphatic rings. The maximum Gasteiger partial charge on any atom is 0.325 e. The van der Waals surface area contributed by atoms with Gasteiger partial charge in [0.25, 0.3) is 0 Å². The molecule has 0 aromatic rings. The second-order valence-corrected chi connectivity index (χ2v) is 5.28. The number of carbonyl (C=O) groups is 1. The topological polar surface area (TPSA) is 107 Å². The first kappa shape index (κ1) is 11.7. The second-order valence-electron chi connectivity index (χ2n) is 3.59. The van der Waals surface area contributed by atoms with Crippen molar-refractivity contribution in [2.75, 3.05) is 12.7 Å². The number of aliphatic carboxylic acids is 1. The largest absolute Gasteiger partial charge is 0.480 e. The van der Waals surface area contributed by atoms with E-state index in [1.807, 2.05) is 0 Å². The van der Waals surface area contributed by atoms with Crippen LogP contribution in [0.15, 0.2) is 0 Å². The number of rotatable bonds is 3. The Morgan fingerprint density at radius 2 is 2.07 bits per heavy atom. The molecule has 0 aromatic heterocycles. The fraction of sp³-hybridized carbons (Fsp3) is 0.857. The molecule has 0 aliphatic carbocycles. The lowest BCUT2D eigenvalue weighted by atomic mass is 9.96. The summed E-state index contributed by atoms with van der Waals surface area (Å²) in [6.07, 6.45) is 0.821. The van der Waals surface area contributed by atoms with Crippen molar-refractivity contribution in [1.82, 2.24) is 5.32 Å². The standard InChI is InChI=1S/C7H14NO5P/c9-7(10)6-2-1-5(3-8-6)4-14(11,12)13/h5-6,8H,1-4H2,(H,9,10)(H2,11,12,13). The zero-order valence-electron chi connectivity index (χ0n) is 7.59. The lowest BCUT2D eigenvalue weighted by Gasteiger charge is -2.27. The Balaban J connectivity index is 2.36. The molecule has 0 bridgehead atoms. The number of hydrogen-bond acceptors (Lipinski definition) is 3. The van der Waals surface area contributed by atoms with Gasteiger partial charge in [-0.05, 0) is 25.3 Å². The number of nitrogens with one attached hydrogen (secondary N) is 1. The number of piperidine rings is 1. The second kappa shape index (κ2) is 4.40. The van der Waals surface area contributed by atoms with Gasteiger partial charge in [-0.1, -0.05) is 0 Å². The molecule has 82 valence electrons. The van der Waals surface area contributed by atoms with E-state index >= 15 is 0 Å². The summed E-state index contributed by atoms with van der Waals surface area (Å²) in [5.41, 5.74) is 0. The SMILES string of the molecule is O=C(O)C1CCC(CP(=O)(O)O)CN1. The Bertz CT molecular complexity index is 255. The minimum absolute atomic E-state index is 0.119. The van der Waals surface area contributed by atoms with Crippen LogP contribution in [0.3, 0.4) is 0 Å². The lowest BCUT2D eigenvalue weighted by molar-refractivity contribution is -0.140. The van der Waals surface area contributed by atoms with Gasteiger partial charge in [-0.15, -0.1) is 0 Å².